The van der Waals surface area contributed by atoms with Crippen LogP contribution in [0.3, 0.4) is 0 Å². The van der Waals surface area contributed by atoms with Gasteiger partial charge in [-0.2, -0.15) is 0 Å². The van der Waals surface area contributed by atoms with Crippen molar-refractivity contribution in [2.75, 3.05) is 5.32 Å². The van der Waals surface area contributed by atoms with Crippen molar-refractivity contribution in [2.45, 2.75) is 26.7 Å². The number of rotatable bonds is 4. The van der Waals surface area contributed by atoms with Crippen molar-refractivity contribution in [1.29, 1.82) is 0 Å². The van der Waals surface area contributed by atoms with E-state index in [1.807, 2.05) is 13.0 Å². The molecule has 0 aliphatic rings. The fourth-order valence-electron chi connectivity index (χ4n) is 2.02. The van der Waals surface area contributed by atoms with E-state index in [0.29, 0.717) is 10.6 Å². The maximum Gasteiger partial charge on any atom is 0.279 e. The summed E-state index contributed by atoms with van der Waals surface area (Å²) >= 11 is 6.54. The van der Waals surface area contributed by atoms with Gasteiger partial charge < -0.3 is 5.32 Å². The normalized spacial score (nSPS) is 10.2. The molecule has 1 heterocycles. The highest BCUT2D eigenvalue weighted by molar-refractivity contribution is 7.80. The first-order valence-corrected chi connectivity index (χ1v) is 8.44. The van der Waals surface area contributed by atoms with Crippen molar-refractivity contribution in [1.82, 2.24) is 10.9 Å². The highest BCUT2D eigenvalue weighted by Gasteiger charge is 2.12. The summed E-state index contributed by atoms with van der Waals surface area (Å²) in [6.45, 7) is 4.12. The van der Waals surface area contributed by atoms with Crippen LogP contribution in [0.4, 0.5) is 10.1 Å². The molecule has 0 aliphatic heterocycles. The molecule has 3 N–H and O–H groups in total. The van der Waals surface area contributed by atoms with Gasteiger partial charge in [-0.3, -0.25) is 15.6 Å². The van der Waals surface area contributed by atoms with E-state index in [2.05, 4.69) is 23.1 Å². The number of anilines is 1. The molecule has 0 saturated carbocycles. The van der Waals surface area contributed by atoms with Crippen LogP contribution < -0.4 is 16.2 Å². The molecule has 0 aliphatic carbocycles. The molecule has 0 unspecified atom stereocenters. The quantitative estimate of drug-likeness (QED) is 0.580. The summed E-state index contributed by atoms with van der Waals surface area (Å²) in [5.41, 5.74) is 7.03. The Bertz CT molecular complexity index is 698. The Morgan fingerprint density at radius 1 is 1.26 bits per heavy atom. The van der Waals surface area contributed by atoms with Crippen LogP contribution >= 0.6 is 23.6 Å². The van der Waals surface area contributed by atoms with Gasteiger partial charge in [0.05, 0.1) is 4.88 Å². The number of halogens is 1. The van der Waals surface area contributed by atoms with Gasteiger partial charge in [0.15, 0.2) is 5.11 Å². The number of hydrogen-bond acceptors (Lipinski definition) is 3. The van der Waals surface area contributed by atoms with E-state index in [0.717, 1.165) is 17.7 Å². The molecular weight excluding hydrogens is 333 g/mol. The standard InChI is InChI=1S/C16H18FN3OS2/c1-3-4-11-9-14(23-10(11)2)15(21)19-20-16(22)18-13-7-5-12(17)6-8-13/h5-9H,3-4H2,1-2H3,(H,19,21)(H2,18,20,22). The lowest BCUT2D eigenvalue weighted by Crippen LogP contribution is -2.43. The van der Waals surface area contributed by atoms with Crippen molar-refractivity contribution < 1.29 is 9.18 Å². The summed E-state index contributed by atoms with van der Waals surface area (Å²) in [6, 6.07) is 7.69. The lowest BCUT2D eigenvalue weighted by Gasteiger charge is -2.10. The number of carbonyl (C=O) groups is 1. The third kappa shape index (κ3) is 5.01. The summed E-state index contributed by atoms with van der Waals surface area (Å²) in [4.78, 5) is 13.9. The Hall–Kier alpha value is -1.99. The van der Waals surface area contributed by atoms with Crippen LogP contribution in [0.5, 0.6) is 0 Å². The van der Waals surface area contributed by atoms with Gasteiger partial charge in [0.25, 0.3) is 5.91 Å². The van der Waals surface area contributed by atoms with Crippen LogP contribution in [0.25, 0.3) is 0 Å². The van der Waals surface area contributed by atoms with Crippen LogP contribution in [0.2, 0.25) is 0 Å². The molecule has 23 heavy (non-hydrogen) atoms. The van der Waals surface area contributed by atoms with Crippen molar-refractivity contribution >= 4 is 40.3 Å². The average molecular weight is 351 g/mol. The van der Waals surface area contributed by atoms with Crippen LogP contribution in [0, 0.1) is 12.7 Å². The first-order chi connectivity index (χ1) is 11.0. The largest absolute Gasteiger partial charge is 0.331 e. The van der Waals surface area contributed by atoms with Crippen LogP contribution in [0.1, 0.15) is 33.5 Å². The molecule has 0 saturated heterocycles. The highest BCUT2D eigenvalue weighted by Crippen LogP contribution is 2.22. The number of hydrazine groups is 1. The zero-order valence-corrected chi connectivity index (χ0v) is 14.5. The lowest BCUT2D eigenvalue weighted by atomic mass is 10.1. The van der Waals surface area contributed by atoms with Gasteiger partial charge in [-0.25, -0.2) is 4.39 Å². The zero-order valence-electron chi connectivity index (χ0n) is 12.9. The summed E-state index contributed by atoms with van der Waals surface area (Å²) in [6.07, 6.45) is 2.01. The fourth-order valence-corrected chi connectivity index (χ4v) is 3.16. The maximum atomic E-state index is 12.8. The summed E-state index contributed by atoms with van der Waals surface area (Å²) in [5, 5.41) is 3.08. The molecule has 1 amide bonds. The van der Waals surface area contributed by atoms with E-state index < -0.39 is 0 Å². The number of benzene rings is 1. The fraction of sp³-hybridized carbons (Fsp3) is 0.250. The minimum Gasteiger partial charge on any atom is -0.331 e. The Kier molecular flexibility index (Phi) is 6.06. The second-order valence-corrected chi connectivity index (χ2v) is 6.65. The smallest absolute Gasteiger partial charge is 0.279 e. The minimum atomic E-state index is -0.321. The predicted molar refractivity (Wildman–Crippen MR) is 96.3 cm³/mol. The molecule has 0 bridgehead atoms. The topological polar surface area (TPSA) is 53.2 Å². The van der Waals surface area contributed by atoms with Gasteiger partial charge in [-0.15, -0.1) is 11.3 Å². The number of thiocarbonyl (C=S) groups is 1. The van der Waals surface area contributed by atoms with Gasteiger partial charge >= 0.3 is 0 Å². The number of thiophene rings is 1. The van der Waals surface area contributed by atoms with Crippen LogP contribution in [-0.4, -0.2) is 11.0 Å². The Morgan fingerprint density at radius 3 is 2.61 bits per heavy atom. The number of aryl methyl sites for hydroxylation is 2. The molecular formula is C16H18FN3OS2. The molecule has 4 nitrogen and oxygen atoms in total. The van der Waals surface area contributed by atoms with Gasteiger partial charge in [0.1, 0.15) is 5.82 Å². The third-order valence-electron chi connectivity index (χ3n) is 3.16. The van der Waals surface area contributed by atoms with Crippen molar-refractivity contribution in [3.05, 3.63) is 51.5 Å². The van der Waals surface area contributed by atoms with E-state index in [4.69, 9.17) is 12.2 Å². The molecule has 122 valence electrons. The van der Waals surface area contributed by atoms with Crippen molar-refractivity contribution in [3.63, 3.8) is 0 Å². The molecule has 0 radical (unpaired) electrons. The molecule has 1 aromatic carbocycles. The molecule has 0 atom stereocenters. The summed E-state index contributed by atoms with van der Waals surface area (Å²) in [7, 11) is 0. The lowest BCUT2D eigenvalue weighted by molar-refractivity contribution is 0.0948. The summed E-state index contributed by atoms with van der Waals surface area (Å²) in [5.74, 6) is -0.553. The predicted octanol–water partition coefficient (Wildman–Crippen LogP) is 3.78. The molecule has 2 rings (SSSR count). The Balaban J connectivity index is 1.87. The molecule has 0 spiro atoms. The average Bonchev–Trinajstić information content (AvgIpc) is 2.89. The number of amides is 1. The first kappa shape index (κ1) is 17.4. The number of hydrogen-bond donors (Lipinski definition) is 3. The van der Waals surface area contributed by atoms with E-state index in [-0.39, 0.29) is 16.8 Å². The first-order valence-electron chi connectivity index (χ1n) is 7.21. The third-order valence-corrected chi connectivity index (χ3v) is 4.45. The van der Waals surface area contributed by atoms with Crippen LogP contribution in [0.15, 0.2) is 30.3 Å². The number of carbonyl (C=O) groups excluding carboxylic acids is 1. The second-order valence-electron chi connectivity index (χ2n) is 4.98. The molecule has 2 aromatic rings. The molecule has 1 aromatic heterocycles. The maximum absolute atomic E-state index is 12.8. The highest BCUT2D eigenvalue weighted by atomic mass is 32.1. The SMILES string of the molecule is CCCc1cc(C(=O)NNC(=S)Nc2ccc(F)cc2)sc1C. The minimum absolute atomic E-state index is 0.229. The van der Waals surface area contributed by atoms with Gasteiger partial charge in [0, 0.05) is 10.6 Å². The van der Waals surface area contributed by atoms with E-state index in [9.17, 15) is 9.18 Å². The van der Waals surface area contributed by atoms with E-state index >= 15 is 0 Å². The monoisotopic (exact) mass is 351 g/mol. The number of nitrogens with one attached hydrogen (secondary N) is 3. The van der Waals surface area contributed by atoms with Crippen molar-refractivity contribution in [3.8, 4) is 0 Å². The van der Waals surface area contributed by atoms with Gasteiger partial charge in [-0.1, -0.05) is 13.3 Å². The van der Waals surface area contributed by atoms with Crippen LogP contribution in [-0.2, 0) is 6.42 Å². The second kappa shape index (κ2) is 8.03. The van der Waals surface area contributed by atoms with E-state index in [1.54, 1.807) is 12.1 Å². The molecule has 7 heteroatoms. The van der Waals surface area contributed by atoms with Gasteiger partial charge in [0.2, 0.25) is 0 Å². The Labute approximate surface area is 144 Å². The van der Waals surface area contributed by atoms with E-state index in [1.165, 1.54) is 29.0 Å². The summed E-state index contributed by atoms with van der Waals surface area (Å²) < 4.78 is 12.8. The Morgan fingerprint density at radius 2 is 1.96 bits per heavy atom. The van der Waals surface area contributed by atoms with Gasteiger partial charge in [-0.05, 0) is 61.5 Å². The molecule has 0 fully saturated rings. The van der Waals surface area contributed by atoms with Crippen molar-refractivity contribution in [2.24, 2.45) is 0 Å². The zero-order chi connectivity index (χ0) is 16.8.